The fraction of sp³-hybridized carbons (Fsp3) is 0.267. The standard InChI is InChI=1S/C15H13I2NO7/c1-23-14(21)9-5-25-6-18(12(9)15(22)24-2)11-8(13(19)20)3-7(16)4-10(11)17/h3-4H,5-6H2,1-2H3,(H,19,20). The van der Waals surface area contributed by atoms with Gasteiger partial charge in [-0.25, -0.2) is 14.4 Å². The fourth-order valence-corrected chi connectivity index (χ4v) is 4.46. The zero-order chi connectivity index (χ0) is 18.7. The first-order valence-electron chi connectivity index (χ1n) is 6.79. The highest BCUT2D eigenvalue weighted by Crippen LogP contribution is 2.34. The van der Waals surface area contributed by atoms with E-state index < -0.39 is 17.9 Å². The molecule has 0 saturated heterocycles. The minimum atomic E-state index is -1.17. The monoisotopic (exact) mass is 573 g/mol. The lowest BCUT2D eigenvalue weighted by Crippen LogP contribution is -2.40. The van der Waals surface area contributed by atoms with Gasteiger partial charge in [-0.2, -0.15) is 0 Å². The van der Waals surface area contributed by atoms with Crippen molar-refractivity contribution in [2.24, 2.45) is 0 Å². The van der Waals surface area contributed by atoms with E-state index in [1.54, 1.807) is 6.07 Å². The molecule has 0 saturated carbocycles. The lowest BCUT2D eigenvalue weighted by Gasteiger charge is -2.32. The van der Waals surface area contributed by atoms with Crippen LogP contribution in [0.25, 0.3) is 0 Å². The van der Waals surface area contributed by atoms with Crippen molar-refractivity contribution in [3.8, 4) is 0 Å². The summed E-state index contributed by atoms with van der Waals surface area (Å²) in [5.74, 6) is -2.70. The molecule has 0 unspecified atom stereocenters. The fourth-order valence-electron chi connectivity index (χ4n) is 2.32. The number of esters is 2. The van der Waals surface area contributed by atoms with E-state index in [0.717, 1.165) is 3.57 Å². The van der Waals surface area contributed by atoms with Gasteiger partial charge in [-0.3, -0.25) is 0 Å². The number of carbonyl (C=O) groups is 3. The van der Waals surface area contributed by atoms with Crippen molar-refractivity contribution in [2.45, 2.75) is 0 Å². The van der Waals surface area contributed by atoms with Gasteiger partial charge < -0.3 is 24.2 Å². The molecule has 1 aromatic rings. The smallest absolute Gasteiger partial charge is 0.355 e. The van der Waals surface area contributed by atoms with Crippen LogP contribution in [0.15, 0.2) is 23.4 Å². The second kappa shape index (κ2) is 8.31. The molecule has 0 fully saturated rings. The quantitative estimate of drug-likeness (QED) is 0.432. The Morgan fingerprint density at radius 2 is 1.80 bits per heavy atom. The number of anilines is 1. The van der Waals surface area contributed by atoms with Crippen molar-refractivity contribution in [1.29, 1.82) is 0 Å². The molecule has 8 nitrogen and oxygen atoms in total. The number of methoxy groups -OCH3 is 2. The number of carboxylic acid groups (broad SMARTS) is 1. The summed E-state index contributed by atoms with van der Waals surface area (Å²) in [5, 5.41) is 9.55. The van der Waals surface area contributed by atoms with Crippen molar-refractivity contribution in [3.63, 3.8) is 0 Å². The first kappa shape index (κ1) is 19.9. The summed E-state index contributed by atoms with van der Waals surface area (Å²) in [4.78, 5) is 37.3. The number of nitrogens with zero attached hydrogens (tertiary/aromatic N) is 1. The Balaban J connectivity index is 2.74. The molecule has 0 aliphatic carbocycles. The number of benzene rings is 1. The third-order valence-electron chi connectivity index (χ3n) is 3.36. The van der Waals surface area contributed by atoms with Gasteiger partial charge in [-0.05, 0) is 57.3 Å². The molecule has 1 aromatic carbocycles. The molecule has 1 aliphatic rings. The predicted molar refractivity (Wildman–Crippen MR) is 103 cm³/mol. The van der Waals surface area contributed by atoms with E-state index in [4.69, 9.17) is 14.2 Å². The van der Waals surface area contributed by atoms with Crippen molar-refractivity contribution >= 4 is 68.8 Å². The molecule has 0 aromatic heterocycles. The lowest BCUT2D eigenvalue weighted by molar-refractivity contribution is -0.140. The second-order valence-corrected chi connectivity index (χ2v) is 7.21. The molecule has 0 atom stereocenters. The van der Waals surface area contributed by atoms with Crippen LogP contribution in [0.4, 0.5) is 5.69 Å². The number of hydrogen-bond acceptors (Lipinski definition) is 7. The minimum Gasteiger partial charge on any atom is -0.478 e. The summed E-state index contributed by atoms with van der Waals surface area (Å²) in [6.07, 6.45) is 0. The lowest BCUT2D eigenvalue weighted by atomic mass is 10.1. The van der Waals surface area contributed by atoms with Gasteiger partial charge >= 0.3 is 17.9 Å². The maximum Gasteiger partial charge on any atom is 0.355 e. The van der Waals surface area contributed by atoms with Crippen molar-refractivity contribution < 1.29 is 33.7 Å². The molecule has 1 N–H and O–H groups in total. The molecular weight excluding hydrogens is 560 g/mol. The summed E-state index contributed by atoms with van der Waals surface area (Å²) in [6.45, 7) is -0.251. The van der Waals surface area contributed by atoms with Crippen LogP contribution >= 0.6 is 45.2 Å². The van der Waals surface area contributed by atoms with Crippen LogP contribution in [0.3, 0.4) is 0 Å². The topological polar surface area (TPSA) is 102 Å². The molecule has 134 valence electrons. The number of hydrogen-bond donors (Lipinski definition) is 1. The van der Waals surface area contributed by atoms with Crippen LogP contribution in [0.2, 0.25) is 0 Å². The van der Waals surface area contributed by atoms with Crippen LogP contribution in [0.1, 0.15) is 10.4 Å². The number of aromatic carboxylic acids is 1. The normalized spacial score (nSPS) is 14.3. The first-order chi connectivity index (χ1) is 11.8. The van der Waals surface area contributed by atoms with Crippen LogP contribution < -0.4 is 4.90 Å². The first-order valence-corrected chi connectivity index (χ1v) is 8.95. The van der Waals surface area contributed by atoms with Gasteiger partial charge in [0.1, 0.15) is 12.4 Å². The average molecular weight is 573 g/mol. The average Bonchev–Trinajstić information content (AvgIpc) is 2.59. The van der Waals surface area contributed by atoms with Gasteiger partial charge in [0.15, 0.2) is 0 Å². The Morgan fingerprint density at radius 3 is 2.36 bits per heavy atom. The Kier molecular flexibility index (Phi) is 6.62. The highest BCUT2D eigenvalue weighted by molar-refractivity contribution is 14.1. The predicted octanol–water partition coefficient (Wildman–Crippen LogP) is 1.99. The molecule has 0 bridgehead atoms. The number of rotatable bonds is 4. The highest BCUT2D eigenvalue weighted by Gasteiger charge is 2.35. The van der Waals surface area contributed by atoms with E-state index in [1.165, 1.54) is 25.2 Å². The van der Waals surface area contributed by atoms with Crippen LogP contribution in [0, 0.1) is 7.14 Å². The van der Waals surface area contributed by atoms with E-state index in [1.807, 2.05) is 45.2 Å². The third-order valence-corrected chi connectivity index (χ3v) is 4.81. The van der Waals surface area contributed by atoms with Gasteiger partial charge in [0.05, 0.1) is 37.7 Å². The van der Waals surface area contributed by atoms with Crippen LogP contribution in [0.5, 0.6) is 0 Å². The van der Waals surface area contributed by atoms with Gasteiger partial charge in [0.25, 0.3) is 0 Å². The maximum absolute atomic E-state index is 12.3. The van der Waals surface area contributed by atoms with Gasteiger partial charge in [-0.15, -0.1) is 0 Å². The third kappa shape index (κ3) is 4.06. The molecule has 0 spiro atoms. The molecule has 2 rings (SSSR count). The Morgan fingerprint density at radius 1 is 1.16 bits per heavy atom. The number of halogens is 2. The van der Waals surface area contributed by atoms with Crippen molar-refractivity contribution in [2.75, 3.05) is 32.5 Å². The number of ether oxygens (including phenoxy) is 3. The van der Waals surface area contributed by atoms with Crippen LogP contribution in [-0.2, 0) is 23.8 Å². The van der Waals surface area contributed by atoms with Gasteiger partial charge in [-0.1, -0.05) is 0 Å². The van der Waals surface area contributed by atoms with Crippen molar-refractivity contribution in [1.82, 2.24) is 0 Å². The van der Waals surface area contributed by atoms with E-state index in [2.05, 4.69) is 0 Å². The maximum atomic E-state index is 12.3. The molecule has 25 heavy (non-hydrogen) atoms. The summed E-state index contributed by atoms with van der Waals surface area (Å²) in [5.41, 5.74) is 0.0935. The number of carbonyl (C=O) groups excluding carboxylic acids is 2. The summed E-state index contributed by atoms with van der Waals surface area (Å²) in [6, 6.07) is 3.23. The van der Waals surface area contributed by atoms with Crippen LogP contribution in [-0.4, -0.2) is 50.6 Å². The summed E-state index contributed by atoms with van der Waals surface area (Å²) >= 11 is 3.97. The minimum absolute atomic E-state index is 0.0209. The second-order valence-electron chi connectivity index (χ2n) is 4.80. The Labute approximate surface area is 170 Å². The molecular formula is C15H13I2NO7. The summed E-state index contributed by atoms with van der Waals surface area (Å²) < 4.78 is 16.2. The van der Waals surface area contributed by atoms with E-state index in [0.29, 0.717) is 3.57 Å². The number of carboxylic acids is 1. The zero-order valence-corrected chi connectivity index (χ0v) is 17.5. The summed E-state index contributed by atoms with van der Waals surface area (Å²) in [7, 11) is 2.36. The van der Waals surface area contributed by atoms with E-state index in [9.17, 15) is 19.5 Å². The Hall–Kier alpha value is -1.41. The van der Waals surface area contributed by atoms with E-state index >= 15 is 0 Å². The largest absolute Gasteiger partial charge is 0.478 e. The SMILES string of the molecule is COC(=O)C1=C(C(=O)OC)N(c2c(I)cc(I)cc2C(=O)O)COC1. The van der Waals surface area contributed by atoms with Gasteiger partial charge in [0.2, 0.25) is 0 Å². The molecule has 10 heteroatoms. The van der Waals surface area contributed by atoms with E-state index in [-0.39, 0.29) is 35.9 Å². The molecule has 1 aliphatic heterocycles. The Bertz CT molecular complexity index is 775. The molecule has 1 heterocycles. The van der Waals surface area contributed by atoms with Gasteiger partial charge in [0, 0.05) is 7.14 Å². The molecule has 0 radical (unpaired) electrons. The van der Waals surface area contributed by atoms with Crippen molar-refractivity contribution in [3.05, 3.63) is 36.1 Å². The molecule has 0 amide bonds. The zero-order valence-electron chi connectivity index (χ0n) is 13.2. The highest BCUT2D eigenvalue weighted by atomic mass is 127.